The van der Waals surface area contributed by atoms with Crippen LogP contribution in [0.5, 0.6) is 11.5 Å². The molecule has 150 valence electrons. The predicted octanol–water partition coefficient (Wildman–Crippen LogP) is 1.70. The Morgan fingerprint density at radius 3 is 2.72 bits per heavy atom. The molecule has 1 aromatic carbocycles. The fourth-order valence-electron chi connectivity index (χ4n) is 4.00. The highest BCUT2D eigenvalue weighted by molar-refractivity contribution is 5.98. The molecule has 2 aromatic rings. The van der Waals surface area contributed by atoms with Crippen molar-refractivity contribution in [3.05, 3.63) is 39.7 Å². The molecule has 0 aliphatic carbocycles. The van der Waals surface area contributed by atoms with E-state index in [1.165, 1.54) is 19.2 Å². The van der Waals surface area contributed by atoms with Crippen LogP contribution in [-0.2, 0) is 4.79 Å². The molecule has 9 heteroatoms. The Labute approximate surface area is 166 Å². The number of nitrogens with zero attached hydrogens (tertiary/aromatic N) is 3. The van der Waals surface area contributed by atoms with Crippen LogP contribution in [0.2, 0.25) is 0 Å². The third-order valence-corrected chi connectivity index (χ3v) is 5.47. The van der Waals surface area contributed by atoms with Gasteiger partial charge < -0.3 is 20.1 Å². The number of hydrogen-bond donors (Lipinski definition) is 3. The Hall–Kier alpha value is -3.54. The Bertz CT molecular complexity index is 1050. The topological polar surface area (TPSA) is 131 Å². The lowest BCUT2D eigenvalue weighted by Crippen LogP contribution is -2.40. The van der Waals surface area contributed by atoms with Crippen molar-refractivity contribution >= 4 is 17.7 Å². The largest absolute Gasteiger partial charge is 0.504 e. The van der Waals surface area contributed by atoms with Gasteiger partial charge in [-0.15, -0.1) is 0 Å². The number of H-pyrrole nitrogens is 1. The van der Waals surface area contributed by atoms with Crippen molar-refractivity contribution in [3.8, 4) is 17.6 Å². The van der Waals surface area contributed by atoms with Gasteiger partial charge in [-0.25, -0.2) is 0 Å². The van der Waals surface area contributed by atoms with E-state index in [9.17, 15) is 20.0 Å². The zero-order chi connectivity index (χ0) is 20.5. The van der Waals surface area contributed by atoms with Gasteiger partial charge in [-0.05, 0) is 37.0 Å². The third kappa shape index (κ3) is 3.27. The summed E-state index contributed by atoms with van der Waals surface area (Å²) in [5.41, 5.74) is 0.345. The van der Waals surface area contributed by atoms with Crippen molar-refractivity contribution in [1.29, 1.82) is 5.26 Å². The maximum absolute atomic E-state index is 13.0. The van der Waals surface area contributed by atoms with Crippen LogP contribution in [0.1, 0.15) is 36.3 Å². The van der Waals surface area contributed by atoms with Crippen LogP contribution >= 0.6 is 0 Å². The smallest absolute Gasteiger partial charge is 0.258 e. The van der Waals surface area contributed by atoms with E-state index in [1.54, 1.807) is 6.07 Å². The fraction of sp³-hybridized carbons (Fsp3) is 0.400. The monoisotopic (exact) mass is 395 g/mol. The standard InChI is InChI=1S/C20H21N5O4/c1-29-14-9-11(5-6-13(14)26)15-12(10-21)18(27)22-17-16(15)19(28)24-20(23-17)25-7-3-2-4-8-25/h5-6,9,12,15,26H,2-4,7-8H2,1H3,(H2,22,23,24,27,28). The van der Waals surface area contributed by atoms with Gasteiger partial charge in [-0.3, -0.25) is 14.6 Å². The molecule has 29 heavy (non-hydrogen) atoms. The van der Waals surface area contributed by atoms with Crippen LogP contribution in [0.4, 0.5) is 11.8 Å². The third-order valence-electron chi connectivity index (χ3n) is 5.47. The molecule has 1 saturated heterocycles. The van der Waals surface area contributed by atoms with Crippen molar-refractivity contribution in [2.75, 3.05) is 30.4 Å². The van der Waals surface area contributed by atoms with Crippen molar-refractivity contribution in [1.82, 2.24) is 9.97 Å². The zero-order valence-electron chi connectivity index (χ0n) is 15.9. The minimum Gasteiger partial charge on any atom is -0.504 e. The second-order valence-electron chi connectivity index (χ2n) is 7.20. The highest BCUT2D eigenvalue weighted by Gasteiger charge is 2.40. The number of nitrogens with one attached hydrogen (secondary N) is 2. The molecule has 2 unspecified atom stereocenters. The normalized spacial score (nSPS) is 21.1. The van der Waals surface area contributed by atoms with E-state index in [2.05, 4.69) is 15.3 Å². The summed E-state index contributed by atoms with van der Waals surface area (Å²) in [4.78, 5) is 35.0. The molecule has 9 nitrogen and oxygen atoms in total. The summed E-state index contributed by atoms with van der Waals surface area (Å²) in [6.07, 6.45) is 3.16. The number of aromatic amines is 1. The lowest BCUT2D eigenvalue weighted by atomic mass is 9.79. The number of carbonyl (C=O) groups is 1. The molecule has 1 fully saturated rings. The summed E-state index contributed by atoms with van der Waals surface area (Å²) < 4.78 is 5.15. The quantitative estimate of drug-likeness (QED) is 0.721. The molecule has 3 N–H and O–H groups in total. The van der Waals surface area contributed by atoms with Crippen molar-refractivity contribution in [3.63, 3.8) is 0 Å². The second kappa shape index (κ2) is 7.47. The number of phenolic OH excluding ortho intramolecular Hbond substituents is 1. The van der Waals surface area contributed by atoms with Gasteiger partial charge in [0.25, 0.3) is 5.56 Å². The van der Waals surface area contributed by atoms with E-state index in [0.29, 0.717) is 11.5 Å². The van der Waals surface area contributed by atoms with Crippen LogP contribution < -0.4 is 20.5 Å². The summed E-state index contributed by atoms with van der Waals surface area (Å²) >= 11 is 0. The number of anilines is 2. The number of amides is 1. The first-order valence-corrected chi connectivity index (χ1v) is 9.50. The van der Waals surface area contributed by atoms with Gasteiger partial charge in [0.1, 0.15) is 11.7 Å². The summed E-state index contributed by atoms with van der Waals surface area (Å²) in [5, 5.41) is 22.1. The lowest BCUT2D eigenvalue weighted by Gasteiger charge is -2.31. The Kier molecular flexibility index (Phi) is 4.84. The van der Waals surface area contributed by atoms with Gasteiger partial charge in [0.2, 0.25) is 11.9 Å². The van der Waals surface area contributed by atoms with Crippen LogP contribution in [0.3, 0.4) is 0 Å². The maximum Gasteiger partial charge on any atom is 0.258 e. The molecule has 0 saturated carbocycles. The van der Waals surface area contributed by atoms with E-state index >= 15 is 0 Å². The highest BCUT2D eigenvalue weighted by Crippen LogP contribution is 2.40. The van der Waals surface area contributed by atoms with Gasteiger partial charge in [0.05, 0.1) is 18.7 Å². The SMILES string of the molecule is COc1cc(C2c3c(nc(N4CCCCC4)[nH]c3=O)NC(=O)C2C#N)ccc1O. The molecule has 0 radical (unpaired) electrons. The number of aromatic nitrogens is 2. The van der Waals surface area contributed by atoms with Gasteiger partial charge in [-0.2, -0.15) is 10.2 Å². The molecule has 0 spiro atoms. The van der Waals surface area contributed by atoms with Crippen molar-refractivity contribution in [2.45, 2.75) is 25.2 Å². The van der Waals surface area contributed by atoms with Gasteiger partial charge in [-0.1, -0.05) is 6.07 Å². The maximum atomic E-state index is 13.0. The lowest BCUT2D eigenvalue weighted by molar-refractivity contribution is -0.119. The summed E-state index contributed by atoms with van der Waals surface area (Å²) in [6.45, 7) is 1.57. The molecule has 0 bridgehead atoms. The molecule has 2 aliphatic heterocycles. The summed E-state index contributed by atoms with van der Waals surface area (Å²) in [6, 6.07) is 6.52. The number of phenols is 1. The zero-order valence-corrected chi connectivity index (χ0v) is 15.9. The van der Waals surface area contributed by atoms with E-state index in [0.717, 1.165) is 32.4 Å². The minimum absolute atomic E-state index is 0.0716. The average molecular weight is 395 g/mol. The number of piperidine rings is 1. The van der Waals surface area contributed by atoms with Crippen LogP contribution in [-0.4, -0.2) is 41.2 Å². The van der Waals surface area contributed by atoms with E-state index in [-0.39, 0.29) is 22.9 Å². The van der Waals surface area contributed by atoms with E-state index in [1.807, 2.05) is 11.0 Å². The van der Waals surface area contributed by atoms with Crippen LogP contribution in [0, 0.1) is 17.2 Å². The number of methoxy groups -OCH3 is 1. The molecular formula is C20H21N5O4. The first-order valence-electron chi connectivity index (χ1n) is 9.50. The number of hydrogen-bond acceptors (Lipinski definition) is 7. The van der Waals surface area contributed by atoms with Gasteiger partial charge >= 0.3 is 0 Å². The molecule has 2 atom stereocenters. The van der Waals surface area contributed by atoms with E-state index < -0.39 is 23.3 Å². The number of benzene rings is 1. The Morgan fingerprint density at radius 2 is 2.03 bits per heavy atom. The van der Waals surface area contributed by atoms with Gasteiger partial charge in [0, 0.05) is 19.0 Å². The highest BCUT2D eigenvalue weighted by atomic mass is 16.5. The Morgan fingerprint density at radius 1 is 1.28 bits per heavy atom. The number of aromatic hydroxyl groups is 1. The second-order valence-corrected chi connectivity index (χ2v) is 7.20. The summed E-state index contributed by atoms with van der Waals surface area (Å²) in [7, 11) is 1.40. The first kappa shape index (κ1) is 18.8. The first-order chi connectivity index (χ1) is 14.0. The molecular weight excluding hydrogens is 374 g/mol. The van der Waals surface area contributed by atoms with Crippen LogP contribution in [0.25, 0.3) is 0 Å². The number of ether oxygens (including phenoxy) is 1. The molecule has 1 aromatic heterocycles. The van der Waals surface area contributed by atoms with Crippen molar-refractivity contribution < 1.29 is 14.6 Å². The molecule has 4 rings (SSSR count). The Balaban J connectivity index is 1.85. The average Bonchev–Trinajstić information content (AvgIpc) is 2.73. The number of rotatable bonds is 3. The number of nitriles is 1. The number of carbonyl (C=O) groups excluding carboxylic acids is 1. The predicted molar refractivity (Wildman–Crippen MR) is 105 cm³/mol. The molecule has 2 aliphatic rings. The van der Waals surface area contributed by atoms with Gasteiger partial charge in [0.15, 0.2) is 11.5 Å². The van der Waals surface area contributed by atoms with Crippen LogP contribution in [0.15, 0.2) is 23.0 Å². The van der Waals surface area contributed by atoms with Crippen molar-refractivity contribution in [2.24, 2.45) is 5.92 Å². The van der Waals surface area contributed by atoms with E-state index in [4.69, 9.17) is 4.74 Å². The fourth-order valence-corrected chi connectivity index (χ4v) is 4.00. The minimum atomic E-state index is -1.11. The molecule has 3 heterocycles. The number of fused-ring (bicyclic) bond motifs is 1. The summed E-state index contributed by atoms with van der Waals surface area (Å²) in [5.74, 6) is -1.74. The molecule has 1 amide bonds.